The molecule has 0 spiro atoms. The zero-order chi connectivity index (χ0) is 16.2. The van der Waals surface area contributed by atoms with E-state index in [2.05, 4.69) is 47.9 Å². The standard InChI is InChI=1S/C20H32N2O/c1-16(2)13-17-6-8-18(9-7-17)20(23)15-21-10-4-12-22-11-3-5-19(22)14-21/h6-9,16,19-20,23H,3-5,10-15H2,1-2H3/t19-,20+/m0/s1. The number of rotatable bonds is 5. The number of β-amino-alcohol motifs (C(OH)–C–C–N with tert-alkyl or cyclic N) is 1. The number of aliphatic hydroxyl groups is 1. The Morgan fingerprint density at radius 3 is 2.57 bits per heavy atom. The molecule has 2 aliphatic heterocycles. The smallest absolute Gasteiger partial charge is 0.0916 e. The van der Waals surface area contributed by atoms with Gasteiger partial charge in [0.05, 0.1) is 6.10 Å². The summed E-state index contributed by atoms with van der Waals surface area (Å²) in [6, 6.07) is 9.31. The topological polar surface area (TPSA) is 26.7 Å². The van der Waals surface area contributed by atoms with Crippen LogP contribution in [0.25, 0.3) is 0 Å². The van der Waals surface area contributed by atoms with Crippen LogP contribution in [-0.2, 0) is 6.42 Å². The van der Waals surface area contributed by atoms with Gasteiger partial charge < -0.3 is 5.11 Å². The van der Waals surface area contributed by atoms with Crippen LogP contribution in [0.5, 0.6) is 0 Å². The number of hydrogen-bond donors (Lipinski definition) is 1. The minimum absolute atomic E-state index is 0.365. The van der Waals surface area contributed by atoms with E-state index in [0.29, 0.717) is 5.92 Å². The SMILES string of the molecule is CC(C)Cc1ccc([C@H](O)CN2CCCN3CCC[C@H]3C2)cc1. The van der Waals surface area contributed by atoms with Crippen molar-refractivity contribution < 1.29 is 5.11 Å². The van der Waals surface area contributed by atoms with Crippen LogP contribution in [0.2, 0.25) is 0 Å². The van der Waals surface area contributed by atoms with Crippen molar-refractivity contribution in [1.29, 1.82) is 0 Å². The largest absolute Gasteiger partial charge is 0.387 e. The zero-order valence-electron chi connectivity index (χ0n) is 14.7. The van der Waals surface area contributed by atoms with Crippen molar-refractivity contribution in [2.45, 2.75) is 51.7 Å². The minimum atomic E-state index is -0.365. The van der Waals surface area contributed by atoms with E-state index in [1.807, 2.05) is 0 Å². The molecular weight excluding hydrogens is 284 g/mol. The van der Waals surface area contributed by atoms with Crippen molar-refractivity contribution in [1.82, 2.24) is 9.80 Å². The first-order chi connectivity index (χ1) is 11.1. The zero-order valence-corrected chi connectivity index (χ0v) is 14.7. The van der Waals surface area contributed by atoms with Gasteiger partial charge in [-0.3, -0.25) is 9.80 Å². The summed E-state index contributed by atoms with van der Waals surface area (Å²) in [6.45, 7) is 10.0. The number of fused-ring (bicyclic) bond motifs is 1. The van der Waals surface area contributed by atoms with Crippen LogP contribution >= 0.6 is 0 Å². The van der Waals surface area contributed by atoms with Gasteiger partial charge in [0.1, 0.15) is 0 Å². The van der Waals surface area contributed by atoms with Crippen molar-refractivity contribution in [2.24, 2.45) is 5.92 Å². The molecule has 2 atom stereocenters. The van der Waals surface area contributed by atoms with E-state index in [-0.39, 0.29) is 6.10 Å². The van der Waals surface area contributed by atoms with Gasteiger partial charge in [-0.2, -0.15) is 0 Å². The first kappa shape index (κ1) is 16.9. The predicted molar refractivity (Wildman–Crippen MR) is 95.6 cm³/mol. The maximum absolute atomic E-state index is 10.6. The van der Waals surface area contributed by atoms with Gasteiger partial charge in [-0.05, 0) is 62.4 Å². The third kappa shape index (κ3) is 4.56. The van der Waals surface area contributed by atoms with Gasteiger partial charge in [0.25, 0.3) is 0 Å². The molecule has 3 rings (SSSR count). The molecule has 1 aromatic carbocycles. The average molecular weight is 316 g/mol. The second-order valence-electron chi connectivity index (χ2n) is 7.80. The van der Waals surface area contributed by atoms with E-state index < -0.39 is 0 Å². The fourth-order valence-electron chi connectivity index (χ4n) is 4.15. The quantitative estimate of drug-likeness (QED) is 0.904. The Balaban J connectivity index is 1.56. The third-order valence-electron chi connectivity index (χ3n) is 5.33. The normalized spacial score (nSPS) is 24.6. The second kappa shape index (κ2) is 7.78. The van der Waals surface area contributed by atoms with Gasteiger partial charge >= 0.3 is 0 Å². The Labute approximate surface area is 141 Å². The molecular formula is C20H32N2O. The molecule has 0 saturated carbocycles. The fraction of sp³-hybridized carbons (Fsp3) is 0.700. The minimum Gasteiger partial charge on any atom is -0.387 e. The van der Waals surface area contributed by atoms with Gasteiger partial charge in [-0.15, -0.1) is 0 Å². The first-order valence-corrected chi connectivity index (χ1v) is 9.35. The molecule has 0 unspecified atom stereocenters. The lowest BCUT2D eigenvalue weighted by Crippen LogP contribution is -2.38. The molecule has 1 N–H and O–H groups in total. The molecule has 2 fully saturated rings. The molecule has 2 aliphatic rings. The summed E-state index contributed by atoms with van der Waals surface area (Å²) in [6.07, 6.45) is 4.65. The number of benzene rings is 1. The van der Waals surface area contributed by atoms with Gasteiger partial charge in [-0.25, -0.2) is 0 Å². The van der Waals surface area contributed by atoms with E-state index in [0.717, 1.165) is 37.7 Å². The van der Waals surface area contributed by atoms with Crippen molar-refractivity contribution >= 4 is 0 Å². The van der Waals surface area contributed by atoms with E-state index in [1.54, 1.807) is 0 Å². The molecule has 23 heavy (non-hydrogen) atoms. The second-order valence-corrected chi connectivity index (χ2v) is 7.80. The molecule has 1 aromatic rings. The highest BCUT2D eigenvalue weighted by Crippen LogP contribution is 2.23. The highest BCUT2D eigenvalue weighted by molar-refractivity contribution is 5.24. The van der Waals surface area contributed by atoms with Crippen LogP contribution < -0.4 is 0 Å². The molecule has 2 saturated heterocycles. The van der Waals surface area contributed by atoms with Crippen molar-refractivity contribution in [3.8, 4) is 0 Å². The van der Waals surface area contributed by atoms with E-state index in [1.165, 1.54) is 37.9 Å². The van der Waals surface area contributed by atoms with Crippen LogP contribution in [0, 0.1) is 5.92 Å². The van der Waals surface area contributed by atoms with Crippen LogP contribution in [0.1, 0.15) is 50.3 Å². The average Bonchev–Trinajstić information content (AvgIpc) is 2.86. The van der Waals surface area contributed by atoms with Crippen molar-refractivity contribution in [2.75, 3.05) is 32.7 Å². The van der Waals surface area contributed by atoms with E-state index in [4.69, 9.17) is 0 Å². The Hall–Kier alpha value is -0.900. The molecule has 3 nitrogen and oxygen atoms in total. The van der Waals surface area contributed by atoms with E-state index >= 15 is 0 Å². The molecule has 0 aromatic heterocycles. The Kier molecular flexibility index (Phi) is 5.73. The first-order valence-electron chi connectivity index (χ1n) is 9.35. The van der Waals surface area contributed by atoms with Crippen LogP contribution in [-0.4, -0.2) is 53.7 Å². The van der Waals surface area contributed by atoms with Crippen molar-refractivity contribution in [3.05, 3.63) is 35.4 Å². The summed E-state index contributed by atoms with van der Waals surface area (Å²) >= 11 is 0. The maximum Gasteiger partial charge on any atom is 0.0916 e. The van der Waals surface area contributed by atoms with Crippen LogP contribution in [0.3, 0.4) is 0 Å². The molecule has 2 heterocycles. The summed E-state index contributed by atoms with van der Waals surface area (Å²) in [5.74, 6) is 0.678. The van der Waals surface area contributed by atoms with Gasteiger partial charge in [-0.1, -0.05) is 38.1 Å². The summed E-state index contributed by atoms with van der Waals surface area (Å²) in [5, 5.41) is 10.6. The molecule has 0 aliphatic carbocycles. The molecule has 3 heteroatoms. The lowest BCUT2D eigenvalue weighted by molar-refractivity contribution is 0.108. The van der Waals surface area contributed by atoms with Crippen molar-refractivity contribution in [3.63, 3.8) is 0 Å². The summed E-state index contributed by atoms with van der Waals surface area (Å²) in [5.41, 5.74) is 2.43. The maximum atomic E-state index is 10.6. The van der Waals surface area contributed by atoms with Crippen LogP contribution in [0.15, 0.2) is 24.3 Å². The highest BCUT2D eigenvalue weighted by atomic mass is 16.3. The lowest BCUT2D eigenvalue weighted by Gasteiger charge is -2.27. The monoisotopic (exact) mass is 316 g/mol. The van der Waals surface area contributed by atoms with E-state index in [9.17, 15) is 5.11 Å². The Bertz CT molecular complexity index is 485. The number of hydrogen-bond acceptors (Lipinski definition) is 3. The molecule has 0 radical (unpaired) electrons. The Morgan fingerprint density at radius 2 is 1.83 bits per heavy atom. The van der Waals surface area contributed by atoms with Gasteiger partial charge in [0, 0.05) is 19.1 Å². The molecule has 128 valence electrons. The number of nitrogens with zero attached hydrogens (tertiary/aromatic N) is 2. The van der Waals surface area contributed by atoms with Gasteiger partial charge in [0.15, 0.2) is 0 Å². The number of aliphatic hydroxyl groups excluding tert-OH is 1. The lowest BCUT2D eigenvalue weighted by atomic mass is 10.00. The fourth-order valence-corrected chi connectivity index (χ4v) is 4.15. The third-order valence-corrected chi connectivity index (χ3v) is 5.33. The summed E-state index contributed by atoms with van der Waals surface area (Å²) < 4.78 is 0. The van der Waals surface area contributed by atoms with Crippen LogP contribution in [0.4, 0.5) is 0 Å². The molecule has 0 bridgehead atoms. The summed E-state index contributed by atoms with van der Waals surface area (Å²) in [7, 11) is 0. The highest BCUT2D eigenvalue weighted by Gasteiger charge is 2.29. The van der Waals surface area contributed by atoms with Gasteiger partial charge in [0.2, 0.25) is 0 Å². The summed E-state index contributed by atoms with van der Waals surface area (Å²) in [4.78, 5) is 5.12. The predicted octanol–water partition coefficient (Wildman–Crippen LogP) is 3.09. The molecule has 0 amide bonds. The Morgan fingerprint density at radius 1 is 1.09 bits per heavy atom.